The molecule has 2 aromatic rings. The second-order valence-electron chi connectivity index (χ2n) is 8.78. The summed E-state index contributed by atoms with van der Waals surface area (Å²) in [6.45, 7) is 7.33. The van der Waals surface area contributed by atoms with E-state index in [1.807, 2.05) is 24.4 Å². The van der Waals surface area contributed by atoms with Crippen LogP contribution in [0.2, 0.25) is 5.02 Å². The molecule has 172 valence electrons. The Hall–Kier alpha value is -2.35. The van der Waals surface area contributed by atoms with E-state index in [0.717, 1.165) is 75.1 Å². The number of anilines is 1. The fraction of sp³-hybridized carbons (Fsp3) is 0.500. The molecule has 8 heteroatoms. The number of halogens is 1. The first-order chi connectivity index (χ1) is 15.6. The number of hydrogen-bond donors (Lipinski definition) is 2. The summed E-state index contributed by atoms with van der Waals surface area (Å²) in [7, 11) is 2.14. The van der Waals surface area contributed by atoms with Crippen LogP contribution in [0.15, 0.2) is 42.6 Å². The Morgan fingerprint density at radius 3 is 2.50 bits per heavy atom. The van der Waals surface area contributed by atoms with Crippen molar-refractivity contribution in [2.24, 2.45) is 0 Å². The van der Waals surface area contributed by atoms with E-state index >= 15 is 0 Å². The summed E-state index contributed by atoms with van der Waals surface area (Å²) >= 11 is 5.97. The Labute approximate surface area is 195 Å². The Morgan fingerprint density at radius 1 is 1.06 bits per heavy atom. The van der Waals surface area contributed by atoms with Crippen molar-refractivity contribution >= 4 is 23.4 Å². The molecule has 2 fully saturated rings. The molecule has 0 spiro atoms. The van der Waals surface area contributed by atoms with Crippen LogP contribution >= 0.6 is 11.6 Å². The minimum atomic E-state index is -0.102. The van der Waals surface area contributed by atoms with Gasteiger partial charge in [0.15, 0.2) is 0 Å². The fourth-order valence-electron chi connectivity index (χ4n) is 4.37. The number of likely N-dealkylation sites (N-methyl/N-ethyl adjacent to an activating group) is 1. The normalized spacial score (nSPS) is 18.5. The first-order valence-electron chi connectivity index (χ1n) is 11.5. The van der Waals surface area contributed by atoms with Crippen molar-refractivity contribution < 1.29 is 4.79 Å². The van der Waals surface area contributed by atoms with Gasteiger partial charge in [-0.15, -0.1) is 0 Å². The van der Waals surface area contributed by atoms with Crippen molar-refractivity contribution in [1.29, 1.82) is 0 Å². The van der Waals surface area contributed by atoms with Gasteiger partial charge in [-0.1, -0.05) is 29.8 Å². The smallest absolute Gasteiger partial charge is 0.315 e. The van der Waals surface area contributed by atoms with E-state index in [0.29, 0.717) is 6.54 Å². The number of urea groups is 1. The van der Waals surface area contributed by atoms with E-state index in [1.54, 1.807) is 0 Å². The third-order valence-electron chi connectivity index (χ3n) is 6.35. The van der Waals surface area contributed by atoms with Crippen LogP contribution in [0.4, 0.5) is 10.6 Å². The summed E-state index contributed by atoms with van der Waals surface area (Å²) in [5.74, 6) is 0.983. The van der Waals surface area contributed by atoms with Crippen molar-refractivity contribution in [3.05, 3.63) is 58.7 Å². The van der Waals surface area contributed by atoms with Crippen LogP contribution in [0, 0.1) is 0 Å². The number of hydrogen-bond acceptors (Lipinski definition) is 5. The molecule has 1 aromatic carbocycles. The zero-order valence-electron chi connectivity index (χ0n) is 18.8. The molecule has 4 rings (SSSR count). The summed E-state index contributed by atoms with van der Waals surface area (Å²) < 4.78 is 0. The van der Waals surface area contributed by atoms with Gasteiger partial charge in [0, 0.05) is 75.2 Å². The molecule has 0 unspecified atom stereocenters. The van der Waals surface area contributed by atoms with Crippen molar-refractivity contribution in [2.45, 2.75) is 32.0 Å². The molecule has 0 bridgehead atoms. The molecule has 2 aliphatic heterocycles. The molecular weight excluding hydrogens is 424 g/mol. The second kappa shape index (κ2) is 11.0. The molecule has 0 radical (unpaired) electrons. The SMILES string of the molecule is CN1CCN(c2ncccc2CNC(=O)NC2CCN(Cc3ccc(Cl)cc3)CC2)CC1. The summed E-state index contributed by atoms with van der Waals surface area (Å²) in [4.78, 5) is 24.2. The molecule has 7 nitrogen and oxygen atoms in total. The summed E-state index contributed by atoms with van der Waals surface area (Å²) in [5.41, 5.74) is 2.33. The number of aromatic nitrogens is 1. The van der Waals surface area contributed by atoms with E-state index in [1.165, 1.54) is 5.56 Å². The number of likely N-dealkylation sites (tertiary alicyclic amines) is 1. The molecule has 0 aliphatic carbocycles. The van der Waals surface area contributed by atoms with E-state index in [2.05, 4.69) is 55.6 Å². The molecule has 0 saturated carbocycles. The number of pyridine rings is 1. The van der Waals surface area contributed by atoms with Gasteiger partial charge in [0.25, 0.3) is 0 Å². The van der Waals surface area contributed by atoms with E-state index in [9.17, 15) is 4.79 Å². The van der Waals surface area contributed by atoms with Gasteiger partial charge in [0.1, 0.15) is 5.82 Å². The van der Waals surface area contributed by atoms with Gasteiger partial charge < -0.3 is 20.4 Å². The highest BCUT2D eigenvalue weighted by Crippen LogP contribution is 2.19. The Balaban J connectivity index is 1.21. The first-order valence-corrected chi connectivity index (χ1v) is 11.8. The van der Waals surface area contributed by atoms with Crippen LogP contribution in [0.5, 0.6) is 0 Å². The maximum atomic E-state index is 12.5. The van der Waals surface area contributed by atoms with Gasteiger partial charge in [0.2, 0.25) is 0 Å². The van der Waals surface area contributed by atoms with E-state index in [4.69, 9.17) is 11.6 Å². The predicted molar refractivity (Wildman–Crippen MR) is 129 cm³/mol. The van der Waals surface area contributed by atoms with Gasteiger partial charge in [-0.05, 0) is 43.7 Å². The molecule has 2 aliphatic rings. The molecule has 32 heavy (non-hydrogen) atoms. The van der Waals surface area contributed by atoms with Crippen LogP contribution in [-0.4, -0.2) is 73.2 Å². The van der Waals surface area contributed by atoms with Crippen LogP contribution in [0.25, 0.3) is 0 Å². The van der Waals surface area contributed by atoms with E-state index in [-0.39, 0.29) is 12.1 Å². The highest BCUT2D eigenvalue weighted by molar-refractivity contribution is 6.30. The molecule has 1 aromatic heterocycles. The second-order valence-corrected chi connectivity index (χ2v) is 9.22. The topological polar surface area (TPSA) is 63.7 Å². The predicted octanol–water partition coefficient (Wildman–Crippen LogP) is 2.95. The molecule has 3 heterocycles. The van der Waals surface area contributed by atoms with Crippen LogP contribution in [-0.2, 0) is 13.1 Å². The van der Waals surface area contributed by atoms with Crippen molar-refractivity contribution in [3.63, 3.8) is 0 Å². The number of carbonyl (C=O) groups excluding carboxylic acids is 1. The maximum Gasteiger partial charge on any atom is 0.315 e. The van der Waals surface area contributed by atoms with Crippen molar-refractivity contribution in [2.75, 3.05) is 51.2 Å². The third kappa shape index (κ3) is 6.34. The fourth-order valence-corrected chi connectivity index (χ4v) is 4.49. The number of rotatable bonds is 6. The lowest BCUT2D eigenvalue weighted by Gasteiger charge is -2.34. The Bertz CT molecular complexity index is 876. The summed E-state index contributed by atoms with van der Waals surface area (Å²) in [6.07, 6.45) is 3.75. The zero-order chi connectivity index (χ0) is 22.3. The van der Waals surface area contributed by atoms with Crippen LogP contribution in [0.3, 0.4) is 0 Å². The lowest BCUT2D eigenvalue weighted by atomic mass is 10.0. The van der Waals surface area contributed by atoms with E-state index < -0.39 is 0 Å². The minimum absolute atomic E-state index is 0.102. The monoisotopic (exact) mass is 456 g/mol. The first kappa shape index (κ1) is 22.8. The average molecular weight is 457 g/mol. The largest absolute Gasteiger partial charge is 0.354 e. The molecule has 0 atom stereocenters. The lowest BCUT2D eigenvalue weighted by Crippen LogP contribution is -2.48. The number of amides is 2. The number of carbonyl (C=O) groups is 1. The highest BCUT2D eigenvalue weighted by Gasteiger charge is 2.21. The number of piperidine rings is 1. The number of benzene rings is 1. The lowest BCUT2D eigenvalue weighted by molar-refractivity contribution is 0.186. The highest BCUT2D eigenvalue weighted by atomic mass is 35.5. The van der Waals surface area contributed by atoms with Crippen LogP contribution in [0.1, 0.15) is 24.0 Å². The van der Waals surface area contributed by atoms with Crippen molar-refractivity contribution in [1.82, 2.24) is 25.4 Å². The van der Waals surface area contributed by atoms with Gasteiger partial charge in [-0.2, -0.15) is 0 Å². The van der Waals surface area contributed by atoms with Crippen molar-refractivity contribution in [3.8, 4) is 0 Å². The van der Waals surface area contributed by atoms with Gasteiger partial charge in [-0.3, -0.25) is 4.90 Å². The maximum absolute atomic E-state index is 12.5. The van der Waals surface area contributed by atoms with Gasteiger partial charge in [-0.25, -0.2) is 9.78 Å². The van der Waals surface area contributed by atoms with Crippen LogP contribution < -0.4 is 15.5 Å². The number of nitrogens with one attached hydrogen (secondary N) is 2. The molecule has 2 saturated heterocycles. The van der Waals surface area contributed by atoms with Gasteiger partial charge >= 0.3 is 6.03 Å². The average Bonchev–Trinajstić information content (AvgIpc) is 2.81. The Kier molecular flexibility index (Phi) is 7.84. The molecule has 2 N–H and O–H groups in total. The number of piperazine rings is 1. The quantitative estimate of drug-likeness (QED) is 0.699. The Morgan fingerprint density at radius 2 is 1.78 bits per heavy atom. The molecular formula is C24H33ClN6O. The molecule has 2 amide bonds. The summed E-state index contributed by atoms with van der Waals surface area (Å²) in [5, 5.41) is 6.96. The third-order valence-corrected chi connectivity index (χ3v) is 6.60. The van der Waals surface area contributed by atoms with Gasteiger partial charge in [0.05, 0.1) is 0 Å². The number of nitrogens with zero attached hydrogens (tertiary/aromatic N) is 4. The summed E-state index contributed by atoms with van der Waals surface area (Å²) in [6, 6.07) is 12.1. The zero-order valence-corrected chi connectivity index (χ0v) is 19.5. The standard InChI is InChI=1S/C24H33ClN6O/c1-29-13-15-31(16-14-29)23-20(3-2-10-26-23)17-27-24(32)28-22-8-11-30(12-9-22)18-19-4-6-21(25)7-5-19/h2-7,10,22H,8-9,11-18H2,1H3,(H2,27,28,32). The minimum Gasteiger partial charge on any atom is -0.354 e.